The van der Waals surface area contributed by atoms with E-state index in [4.69, 9.17) is 23.2 Å². The van der Waals surface area contributed by atoms with Crippen LogP contribution in [0.1, 0.15) is 31.2 Å². The predicted molar refractivity (Wildman–Crippen MR) is 96.6 cm³/mol. The molecule has 6 nitrogen and oxygen atoms in total. The lowest BCUT2D eigenvalue weighted by atomic mass is 9.94. The normalized spacial score (nSPS) is 12.2. The Labute approximate surface area is 155 Å². The summed E-state index contributed by atoms with van der Waals surface area (Å²) in [6.07, 6.45) is 1.93. The number of hydrogen-bond donors (Lipinski definition) is 1. The molecule has 1 heterocycles. The molecule has 0 saturated heterocycles. The average molecular weight is 388 g/mol. The number of thioether (sulfide) groups is 1. The van der Waals surface area contributed by atoms with Gasteiger partial charge in [0.2, 0.25) is 11.1 Å². The fourth-order valence-corrected chi connectivity index (χ4v) is 3.55. The van der Waals surface area contributed by atoms with Gasteiger partial charge in [-0.2, -0.15) is 0 Å². The zero-order valence-corrected chi connectivity index (χ0v) is 15.8. The van der Waals surface area contributed by atoms with Crippen molar-refractivity contribution < 1.29 is 4.79 Å². The van der Waals surface area contributed by atoms with E-state index < -0.39 is 0 Å². The summed E-state index contributed by atoms with van der Waals surface area (Å²) in [7, 11) is 1.74. The Morgan fingerprint density at radius 3 is 2.83 bits per heavy atom. The molecule has 0 fully saturated rings. The SMILES string of the molecule is CCCC(CNC(=O)CSc1nnnn1C)c1ccc(Cl)cc1Cl. The van der Waals surface area contributed by atoms with Crippen LogP contribution in [0, 0.1) is 0 Å². The molecule has 2 aromatic rings. The number of amides is 1. The lowest BCUT2D eigenvalue weighted by Crippen LogP contribution is -2.30. The molecule has 0 saturated carbocycles. The van der Waals surface area contributed by atoms with Gasteiger partial charge in [0.15, 0.2) is 0 Å². The molecule has 0 radical (unpaired) electrons. The van der Waals surface area contributed by atoms with Crippen LogP contribution in [0.5, 0.6) is 0 Å². The van der Waals surface area contributed by atoms with Gasteiger partial charge in [0, 0.05) is 29.6 Å². The third-order valence-electron chi connectivity index (χ3n) is 3.50. The van der Waals surface area contributed by atoms with Gasteiger partial charge < -0.3 is 5.32 Å². The fourth-order valence-electron chi connectivity index (χ4n) is 2.31. The van der Waals surface area contributed by atoms with Crippen molar-refractivity contribution in [3.05, 3.63) is 33.8 Å². The van der Waals surface area contributed by atoms with Gasteiger partial charge in [0.1, 0.15) is 0 Å². The van der Waals surface area contributed by atoms with Crippen molar-refractivity contribution >= 4 is 40.9 Å². The molecule has 0 spiro atoms. The zero-order chi connectivity index (χ0) is 17.5. The van der Waals surface area contributed by atoms with Crippen LogP contribution in [0.3, 0.4) is 0 Å². The molecule has 9 heteroatoms. The summed E-state index contributed by atoms with van der Waals surface area (Å²) in [6.45, 7) is 2.64. The quantitative estimate of drug-likeness (QED) is 0.703. The number of benzene rings is 1. The molecule has 24 heavy (non-hydrogen) atoms. The molecule has 0 aliphatic carbocycles. The number of nitrogens with one attached hydrogen (secondary N) is 1. The first-order valence-electron chi connectivity index (χ1n) is 7.58. The number of tetrazole rings is 1. The molecular formula is C15H19Cl2N5OS. The molecule has 1 atom stereocenters. The zero-order valence-electron chi connectivity index (χ0n) is 13.5. The number of rotatable bonds is 8. The number of carbonyl (C=O) groups excluding carboxylic acids is 1. The van der Waals surface area contributed by atoms with E-state index in [-0.39, 0.29) is 17.6 Å². The van der Waals surface area contributed by atoms with Crippen molar-refractivity contribution in [3.8, 4) is 0 Å². The highest BCUT2D eigenvalue weighted by Crippen LogP contribution is 2.30. The van der Waals surface area contributed by atoms with E-state index in [2.05, 4.69) is 27.8 Å². The summed E-state index contributed by atoms with van der Waals surface area (Å²) < 4.78 is 1.53. The van der Waals surface area contributed by atoms with Crippen molar-refractivity contribution in [2.24, 2.45) is 7.05 Å². The largest absolute Gasteiger partial charge is 0.355 e. The van der Waals surface area contributed by atoms with E-state index in [1.165, 1.54) is 16.4 Å². The van der Waals surface area contributed by atoms with E-state index in [0.29, 0.717) is 21.7 Å². The van der Waals surface area contributed by atoms with Gasteiger partial charge in [-0.15, -0.1) is 5.10 Å². The molecule has 1 aromatic carbocycles. The maximum absolute atomic E-state index is 12.1. The maximum atomic E-state index is 12.1. The summed E-state index contributed by atoms with van der Waals surface area (Å²) >= 11 is 13.5. The Hall–Kier alpha value is -1.31. The van der Waals surface area contributed by atoms with E-state index in [1.807, 2.05) is 12.1 Å². The summed E-state index contributed by atoms with van der Waals surface area (Å²) in [5.74, 6) is 0.362. The second kappa shape index (κ2) is 9.25. The highest BCUT2D eigenvalue weighted by molar-refractivity contribution is 7.99. The van der Waals surface area contributed by atoms with Crippen LogP contribution in [0.15, 0.2) is 23.4 Å². The second-order valence-electron chi connectivity index (χ2n) is 5.33. The summed E-state index contributed by atoms with van der Waals surface area (Å²) in [4.78, 5) is 12.1. The van der Waals surface area contributed by atoms with Crippen LogP contribution in [0.4, 0.5) is 0 Å². The fraction of sp³-hybridized carbons (Fsp3) is 0.467. The van der Waals surface area contributed by atoms with Crippen molar-refractivity contribution in [3.63, 3.8) is 0 Å². The minimum Gasteiger partial charge on any atom is -0.355 e. The molecule has 1 aromatic heterocycles. The summed E-state index contributed by atoms with van der Waals surface area (Å²) in [6, 6.07) is 5.49. The Morgan fingerprint density at radius 1 is 1.42 bits per heavy atom. The smallest absolute Gasteiger partial charge is 0.230 e. The van der Waals surface area contributed by atoms with Gasteiger partial charge in [-0.05, 0) is 34.5 Å². The van der Waals surface area contributed by atoms with Crippen LogP contribution in [0.2, 0.25) is 10.0 Å². The van der Waals surface area contributed by atoms with E-state index >= 15 is 0 Å². The number of aromatic nitrogens is 4. The second-order valence-corrected chi connectivity index (χ2v) is 7.12. The molecule has 130 valence electrons. The van der Waals surface area contributed by atoms with Crippen LogP contribution in [0.25, 0.3) is 0 Å². The Bertz CT molecular complexity index is 694. The van der Waals surface area contributed by atoms with Gasteiger partial charge in [-0.25, -0.2) is 4.68 Å². The topological polar surface area (TPSA) is 72.7 Å². The average Bonchev–Trinajstić information content (AvgIpc) is 2.95. The monoisotopic (exact) mass is 387 g/mol. The molecule has 0 aliphatic heterocycles. The van der Waals surface area contributed by atoms with Gasteiger partial charge in [0.25, 0.3) is 0 Å². The number of carbonyl (C=O) groups is 1. The lowest BCUT2D eigenvalue weighted by molar-refractivity contribution is -0.118. The van der Waals surface area contributed by atoms with Crippen molar-refractivity contribution in [1.29, 1.82) is 0 Å². The molecule has 0 aliphatic rings. The Kier molecular flexibility index (Phi) is 7.33. The summed E-state index contributed by atoms with van der Waals surface area (Å²) in [5.41, 5.74) is 1.01. The molecule has 1 N–H and O–H groups in total. The maximum Gasteiger partial charge on any atom is 0.230 e. The van der Waals surface area contributed by atoms with E-state index in [0.717, 1.165) is 18.4 Å². The lowest BCUT2D eigenvalue weighted by Gasteiger charge is -2.19. The number of halogens is 2. The third kappa shape index (κ3) is 5.36. The van der Waals surface area contributed by atoms with Crippen LogP contribution < -0.4 is 5.32 Å². The molecule has 1 unspecified atom stereocenters. The standard InChI is InChI=1S/C15H19Cl2N5OS/c1-3-4-10(12-6-5-11(16)7-13(12)17)8-18-14(23)9-24-15-19-20-21-22(15)2/h5-7,10H,3-4,8-9H2,1-2H3,(H,18,23). The highest BCUT2D eigenvalue weighted by Gasteiger charge is 2.16. The van der Waals surface area contributed by atoms with E-state index in [1.54, 1.807) is 13.1 Å². The Morgan fingerprint density at radius 2 is 2.21 bits per heavy atom. The number of nitrogens with zero attached hydrogens (tertiary/aromatic N) is 4. The highest BCUT2D eigenvalue weighted by atomic mass is 35.5. The molecular weight excluding hydrogens is 369 g/mol. The van der Waals surface area contributed by atoms with Crippen LogP contribution in [-0.4, -0.2) is 38.4 Å². The Balaban J connectivity index is 1.91. The van der Waals surface area contributed by atoms with Gasteiger partial charge in [-0.1, -0.05) is 54.4 Å². The van der Waals surface area contributed by atoms with Crippen molar-refractivity contribution in [2.75, 3.05) is 12.3 Å². The number of aryl methyl sites for hydroxylation is 1. The first kappa shape index (κ1) is 19.0. The van der Waals surface area contributed by atoms with Crippen molar-refractivity contribution in [1.82, 2.24) is 25.5 Å². The first-order valence-corrected chi connectivity index (χ1v) is 9.32. The summed E-state index contributed by atoms with van der Waals surface area (Å²) in [5, 5.41) is 15.9. The molecule has 0 bridgehead atoms. The minimum atomic E-state index is -0.0609. The predicted octanol–water partition coefficient (Wildman–Crippen LogP) is 3.31. The minimum absolute atomic E-state index is 0.0609. The van der Waals surface area contributed by atoms with Crippen LogP contribution in [-0.2, 0) is 11.8 Å². The van der Waals surface area contributed by atoms with Gasteiger partial charge >= 0.3 is 0 Å². The molecule has 1 amide bonds. The van der Waals surface area contributed by atoms with E-state index in [9.17, 15) is 4.79 Å². The van der Waals surface area contributed by atoms with Gasteiger partial charge in [-0.3, -0.25) is 4.79 Å². The van der Waals surface area contributed by atoms with Gasteiger partial charge in [0.05, 0.1) is 5.75 Å². The molecule has 2 rings (SSSR count). The first-order chi connectivity index (χ1) is 11.5. The van der Waals surface area contributed by atoms with Crippen LogP contribution >= 0.6 is 35.0 Å². The van der Waals surface area contributed by atoms with Crippen molar-refractivity contribution in [2.45, 2.75) is 30.8 Å². The third-order valence-corrected chi connectivity index (χ3v) is 5.07. The number of hydrogen-bond acceptors (Lipinski definition) is 5.